The number of hydrogen-bond acceptors (Lipinski definition) is 6. The second kappa shape index (κ2) is 9.37. The molecule has 0 bridgehead atoms. The van der Waals surface area contributed by atoms with E-state index in [0.717, 1.165) is 38.7 Å². The van der Waals surface area contributed by atoms with Gasteiger partial charge in [-0.3, -0.25) is 4.98 Å². The van der Waals surface area contributed by atoms with Crippen molar-refractivity contribution in [1.29, 1.82) is 0 Å². The van der Waals surface area contributed by atoms with Gasteiger partial charge in [0.25, 0.3) is 0 Å². The van der Waals surface area contributed by atoms with Gasteiger partial charge >= 0.3 is 0 Å². The Morgan fingerprint density at radius 3 is 2.65 bits per heavy atom. The second-order valence-corrected chi connectivity index (χ2v) is 9.82. The number of aromatic nitrogens is 3. The maximum Gasteiger partial charge on any atom is 0.227 e. The van der Waals surface area contributed by atoms with Crippen LogP contribution in [0, 0.1) is 20.8 Å². The van der Waals surface area contributed by atoms with Gasteiger partial charge in [0.15, 0.2) is 11.6 Å². The molecule has 1 aliphatic rings. The lowest BCUT2D eigenvalue weighted by Crippen LogP contribution is -2.13. The van der Waals surface area contributed by atoms with Crippen molar-refractivity contribution >= 4 is 23.4 Å². The van der Waals surface area contributed by atoms with Gasteiger partial charge in [-0.2, -0.15) is 4.98 Å². The topological polar surface area (TPSA) is 68.1 Å². The summed E-state index contributed by atoms with van der Waals surface area (Å²) < 4.78 is 6.31. The van der Waals surface area contributed by atoms with E-state index in [0.29, 0.717) is 28.9 Å². The van der Waals surface area contributed by atoms with Crippen molar-refractivity contribution in [3.63, 3.8) is 0 Å². The predicted octanol–water partition coefficient (Wildman–Crippen LogP) is 6.60. The first-order valence-electron chi connectivity index (χ1n) is 11.1. The number of rotatable bonds is 5. The number of fused-ring (bicyclic) bond motifs is 2. The number of hydrogen-bond donors (Lipinski definition) is 1. The monoisotopic (exact) mass is 489 g/mol. The van der Waals surface area contributed by atoms with Crippen LogP contribution >= 0.6 is 23.4 Å². The maximum absolute atomic E-state index is 9.89. The van der Waals surface area contributed by atoms with Gasteiger partial charge in [-0.05, 0) is 44.0 Å². The number of benzene rings is 2. The summed E-state index contributed by atoms with van der Waals surface area (Å²) in [5.74, 6) is 2.47. The molecule has 5 rings (SSSR count). The number of pyridine rings is 1. The molecule has 2 aromatic heterocycles. The molecule has 34 heavy (non-hydrogen) atoms. The second-order valence-electron chi connectivity index (χ2n) is 8.45. The summed E-state index contributed by atoms with van der Waals surface area (Å²) in [6, 6.07) is 14.1. The van der Waals surface area contributed by atoms with E-state index in [1.165, 1.54) is 16.7 Å². The van der Waals surface area contributed by atoms with Crippen LogP contribution in [0.4, 0.5) is 0 Å². The van der Waals surface area contributed by atoms with Crippen molar-refractivity contribution in [2.75, 3.05) is 0 Å². The largest absolute Gasteiger partial charge is 0.436 e. The van der Waals surface area contributed by atoms with Crippen LogP contribution in [0.3, 0.4) is 0 Å². The molecular weight excluding hydrogens is 466 g/mol. The van der Waals surface area contributed by atoms with E-state index in [2.05, 4.69) is 37.0 Å². The molecule has 0 saturated carbocycles. The minimum Gasteiger partial charge on any atom is -0.436 e. The Bertz CT molecular complexity index is 1410. The molecule has 0 radical (unpaired) electrons. The van der Waals surface area contributed by atoms with Crippen LogP contribution in [-0.4, -0.2) is 20.1 Å². The summed E-state index contributed by atoms with van der Waals surface area (Å²) in [6.07, 6.45) is 2.28. The molecule has 0 amide bonds. The first-order valence-corrected chi connectivity index (χ1v) is 12.4. The molecule has 0 atom stereocenters. The van der Waals surface area contributed by atoms with Crippen LogP contribution < -0.4 is 4.74 Å². The van der Waals surface area contributed by atoms with Crippen LogP contribution in [0.15, 0.2) is 53.7 Å². The Labute approximate surface area is 208 Å². The molecule has 3 heterocycles. The molecule has 1 aliphatic heterocycles. The number of thioether (sulfide) groups is 1. The summed E-state index contributed by atoms with van der Waals surface area (Å²) in [6.45, 7) is 6.03. The van der Waals surface area contributed by atoms with E-state index >= 15 is 0 Å². The standard InChI is InChI=1S/C27H24ClN3O2S/c1-15-8-9-16(2)18(10-15)14-34-27-22-11-21-19(13-32)12-29-17(3)24(21)33-26(22)30-25(31-27)20-6-4-5-7-23(20)28/h4-10,12,32H,11,13-14H2,1-3H3. The van der Waals surface area contributed by atoms with Crippen LogP contribution in [-0.2, 0) is 18.8 Å². The van der Waals surface area contributed by atoms with Gasteiger partial charge in [-0.1, -0.05) is 47.5 Å². The van der Waals surface area contributed by atoms with E-state index in [4.69, 9.17) is 26.3 Å². The Balaban J connectivity index is 1.62. The van der Waals surface area contributed by atoms with E-state index in [9.17, 15) is 5.11 Å². The average molecular weight is 490 g/mol. The molecule has 1 N–H and O–H groups in total. The number of nitrogens with zero attached hydrogens (tertiary/aromatic N) is 3. The fourth-order valence-electron chi connectivity index (χ4n) is 4.08. The third-order valence-corrected chi connectivity index (χ3v) is 7.44. The highest BCUT2D eigenvalue weighted by molar-refractivity contribution is 7.98. The fourth-order valence-corrected chi connectivity index (χ4v) is 5.39. The van der Waals surface area contributed by atoms with E-state index in [1.54, 1.807) is 18.0 Å². The molecular formula is C27H24ClN3O2S. The lowest BCUT2D eigenvalue weighted by Gasteiger charge is -2.24. The smallest absolute Gasteiger partial charge is 0.227 e. The molecule has 0 aliphatic carbocycles. The minimum absolute atomic E-state index is 0.0994. The molecule has 2 aromatic carbocycles. The highest BCUT2D eigenvalue weighted by Crippen LogP contribution is 2.43. The van der Waals surface area contributed by atoms with Crippen molar-refractivity contribution < 1.29 is 9.84 Å². The number of aliphatic hydroxyl groups excluding tert-OH is 1. The third-order valence-electron chi connectivity index (χ3n) is 6.04. The molecule has 0 unspecified atom stereocenters. The zero-order valence-electron chi connectivity index (χ0n) is 19.2. The molecule has 7 heteroatoms. The maximum atomic E-state index is 9.89. The average Bonchev–Trinajstić information content (AvgIpc) is 2.84. The summed E-state index contributed by atoms with van der Waals surface area (Å²) in [5.41, 5.74) is 7.88. The fraction of sp³-hybridized carbons (Fsp3) is 0.222. The van der Waals surface area contributed by atoms with Crippen molar-refractivity contribution in [3.8, 4) is 23.0 Å². The molecule has 0 saturated heterocycles. The number of aliphatic hydroxyl groups is 1. The Morgan fingerprint density at radius 2 is 1.85 bits per heavy atom. The number of ether oxygens (including phenoxy) is 1. The van der Waals surface area contributed by atoms with Crippen molar-refractivity contribution in [2.45, 2.75) is 44.6 Å². The van der Waals surface area contributed by atoms with Crippen molar-refractivity contribution in [2.24, 2.45) is 0 Å². The van der Waals surface area contributed by atoms with E-state index in [1.807, 2.05) is 31.2 Å². The SMILES string of the molecule is Cc1ccc(C)c(CSc2nc(-c3ccccc3Cl)nc3c2Cc2c(CO)cnc(C)c2O3)c1. The highest BCUT2D eigenvalue weighted by Gasteiger charge is 2.28. The summed E-state index contributed by atoms with van der Waals surface area (Å²) in [5, 5.41) is 11.3. The minimum atomic E-state index is -0.0994. The molecule has 0 spiro atoms. The quantitative estimate of drug-likeness (QED) is 0.221. The molecule has 4 aromatic rings. The number of halogens is 1. The Morgan fingerprint density at radius 1 is 1.03 bits per heavy atom. The zero-order chi connectivity index (χ0) is 23.8. The molecule has 0 fully saturated rings. The lowest BCUT2D eigenvalue weighted by atomic mass is 9.99. The first-order chi connectivity index (χ1) is 16.4. The van der Waals surface area contributed by atoms with Crippen LogP contribution in [0.25, 0.3) is 11.4 Å². The van der Waals surface area contributed by atoms with Gasteiger partial charge in [0.2, 0.25) is 5.88 Å². The molecule has 5 nitrogen and oxygen atoms in total. The summed E-state index contributed by atoms with van der Waals surface area (Å²) >= 11 is 8.15. The molecule has 172 valence electrons. The predicted molar refractivity (Wildman–Crippen MR) is 136 cm³/mol. The van der Waals surface area contributed by atoms with Crippen molar-refractivity contribution in [1.82, 2.24) is 15.0 Å². The first kappa shape index (κ1) is 22.8. The van der Waals surface area contributed by atoms with Crippen molar-refractivity contribution in [3.05, 3.63) is 92.8 Å². The Kier molecular flexibility index (Phi) is 6.30. The van der Waals surface area contributed by atoms with Crippen LogP contribution in [0.1, 0.15) is 39.1 Å². The zero-order valence-corrected chi connectivity index (χ0v) is 20.8. The van der Waals surface area contributed by atoms with Crippen LogP contribution in [0.5, 0.6) is 11.6 Å². The normalized spacial score (nSPS) is 12.1. The van der Waals surface area contributed by atoms with Gasteiger partial charge < -0.3 is 9.84 Å². The lowest BCUT2D eigenvalue weighted by molar-refractivity contribution is 0.278. The Hall–Kier alpha value is -2.93. The summed E-state index contributed by atoms with van der Waals surface area (Å²) in [7, 11) is 0. The summed E-state index contributed by atoms with van der Waals surface area (Å²) in [4.78, 5) is 14.1. The number of aryl methyl sites for hydroxylation is 3. The van der Waals surface area contributed by atoms with Gasteiger partial charge in [0, 0.05) is 35.1 Å². The van der Waals surface area contributed by atoms with E-state index in [-0.39, 0.29) is 6.61 Å². The van der Waals surface area contributed by atoms with Gasteiger partial charge in [-0.15, -0.1) is 11.8 Å². The van der Waals surface area contributed by atoms with Gasteiger partial charge in [0.1, 0.15) is 5.03 Å². The van der Waals surface area contributed by atoms with Crippen LogP contribution in [0.2, 0.25) is 5.02 Å². The van der Waals surface area contributed by atoms with Gasteiger partial charge in [0.05, 0.1) is 22.9 Å². The third kappa shape index (κ3) is 4.29. The highest BCUT2D eigenvalue weighted by atomic mass is 35.5. The van der Waals surface area contributed by atoms with Gasteiger partial charge in [-0.25, -0.2) is 4.98 Å². The van der Waals surface area contributed by atoms with E-state index < -0.39 is 0 Å².